The van der Waals surface area contributed by atoms with Crippen LogP contribution in [-0.2, 0) is 9.53 Å². The maximum Gasteiger partial charge on any atom is 0.220 e. The Labute approximate surface area is 104 Å². The van der Waals surface area contributed by atoms with Gasteiger partial charge >= 0.3 is 0 Å². The van der Waals surface area contributed by atoms with Crippen LogP contribution in [0.25, 0.3) is 0 Å². The summed E-state index contributed by atoms with van der Waals surface area (Å²) in [6.45, 7) is 6.35. The molecule has 1 aliphatic rings. The molecular formula is C13H26N2O2. The van der Waals surface area contributed by atoms with Crippen molar-refractivity contribution in [3.63, 3.8) is 0 Å². The van der Waals surface area contributed by atoms with Crippen LogP contribution < -0.4 is 10.6 Å². The molecule has 4 nitrogen and oxygen atoms in total. The maximum absolute atomic E-state index is 11.5. The average Bonchev–Trinajstić information content (AvgIpc) is 2.32. The summed E-state index contributed by atoms with van der Waals surface area (Å²) in [4.78, 5) is 11.5. The zero-order valence-corrected chi connectivity index (χ0v) is 11.1. The summed E-state index contributed by atoms with van der Waals surface area (Å²) >= 11 is 0. The zero-order chi connectivity index (χ0) is 12.5. The molecular weight excluding hydrogens is 216 g/mol. The van der Waals surface area contributed by atoms with Crippen molar-refractivity contribution in [2.75, 3.05) is 19.8 Å². The fourth-order valence-electron chi connectivity index (χ4n) is 2.21. The molecule has 4 heteroatoms. The molecule has 1 rings (SSSR count). The van der Waals surface area contributed by atoms with Gasteiger partial charge in [-0.25, -0.2) is 0 Å². The lowest BCUT2D eigenvalue weighted by molar-refractivity contribution is -0.121. The quantitative estimate of drug-likeness (QED) is 0.664. The van der Waals surface area contributed by atoms with E-state index in [1.165, 1.54) is 19.3 Å². The number of rotatable bonds is 7. The van der Waals surface area contributed by atoms with E-state index in [-0.39, 0.29) is 5.91 Å². The van der Waals surface area contributed by atoms with Crippen molar-refractivity contribution in [1.82, 2.24) is 10.6 Å². The summed E-state index contributed by atoms with van der Waals surface area (Å²) in [6, 6.07) is 1.04. The minimum absolute atomic E-state index is 0.143. The van der Waals surface area contributed by atoms with E-state index in [0.717, 1.165) is 19.6 Å². The second-order valence-electron chi connectivity index (χ2n) is 4.80. The van der Waals surface area contributed by atoms with Gasteiger partial charge in [-0.05, 0) is 33.1 Å². The Balaban J connectivity index is 2.02. The van der Waals surface area contributed by atoms with Gasteiger partial charge in [0.25, 0.3) is 0 Å². The number of hydrogen-bond donors (Lipinski definition) is 2. The Bertz CT molecular complexity index is 221. The monoisotopic (exact) mass is 242 g/mol. The topological polar surface area (TPSA) is 50.4 Å². The molecule has 1 fully saturated rings. The number of piperidine rings is 1. The largest absolute Gasteiger partial charge is 0.382 e. The van der Waals surface area contributed by atoms with E-state index in [9.17, 15) is 4.79 Å². The minimum atomic E-state index is 0.143. The van der Waals surface area contributed by atoms with Crippen LogP contribution in [0.3, 0.4) is 0 Å². The molecule has 0 radical (unpaired) electrons. The van der Waals surface area contributed by atoms with Crippen molar-refractivity contribution >= 4 is 5.91 Å². The Morgan fingerprint density at radius 1 is 1.47 bits per heavy atom. The molecule has 2 atom stereocenters. The van der Waals surface area contributed by atoms with Crippen molar-refractivity contribution in [2.45, 2.75) is 58.0 Å². The van der Waals surface area contributed by atoms with Crippen LogP contribution in [-0.4, -0.2) is 37.7 Å². The second kappa shape index (κ2) is 8.48. The number of carbonyl (C=O) groups excluding carboxylic acids is 1. The van der Waals surface area contributed by atoms with Gasteiger partial charge in [0.2, 0.25) is 5.91 Å². The highest BCUT2D eigenvalue weighted by atomic mass is 16.5. The molecule has 0 spiro atoms. The third kappa shape index (κ3) is 6.64. The molecule has 0 aliphatic carbocycles. The van der Waals surface area contributed by atoms with Crippen LogP contribution >= 0.6 is 0 Å². The van der Waals surface area contributed by atoms with E-state index >= 15 is 0 Å². The van der Waals surface area contributed by atoms with E-state index in [4.69, 9.17) is 4.74 Å². The van der Waals surface area contributed by atoms with Gasteiger partial charge in [0.15, 0.2) is 0 Å². The molecule has 0 aromatic heterocycles. The molecule has 1 aliphatic heterocycles. The van der Waals surface area contributed by atoms with Gasteiger partial charge in [0, 0.05) is 38.3 Å². The molecule has 100 valence electrons. The molecule has 2 unspecified atom stereocenters. The Kier molecular flexibility index (Phi) is 7.21. The molecule has 1 amide bonds. The summed E-state index contributed by atoms with van der Waals surface area (Å²) in [5.41, 5.74) is 0. The average molecular weight is 242 g/mol. The molecule has 1 heterocycles. The molecule has 17 heavy (non-hydrogen) atoms. The van der Waals surface area contributed by atoms with Crippen LogP contribution in [0.4, 0.5) is 0 Å². The third-order valence-corrected chi connectivity index (χ3v) is 3.15. The summed E-state index contributed by atoms with van der Waals surface area (Å²) in [5.74, 6) is 0.143. The lowest BCUT2D eigenvalue weighted by Crippen LogP contribution is -2.47. The second-order valence-corrected chi connectivity index (χ2v) is 4.80. The minimum Gasteiger partial charge on any atom is -0.382 e. The van der Waals surface area contributed by atoms with Crippen molar-refractivity contribution in [3.8, 4) is 0 Å². The zero-order valence-electron chi connectivity index (χ0n) is 11.1. The van der Waals surface area contributed by atoms with Crippen molar-refractivity contribution < 1.29 is 9.53 Å². The van der Waals surface area contributed by atoms with E-state index in [0.29, 0.717) is 25.1 Å². The lowest BCUT2D eigenvalue weighted by atomic mass is 9.99. The van der Waals surface area contributed by atoms with Crippen LogP contribution in [0, 0.1) is 0 Å². The highest BCUT2D eigenvalue weighted by molar-refractivity contribution is 5.75. The first-order valence-corrected chi connectivity index (χ1v) is 6.83. The molecule has 0 bridgehead atoms. The van der Waals surface area contributed by atoms with Crippen molar-refractivity contribution in [3.05, 3.63) is 0 Å². The Morgan fingerprint density at radius 3 is 3.00 bits per heavy atom. The predicted octanol–water partition coefficient (Wildman–Crippen LogP) is 1.45. The van der Waals surface area contributed by atoms with E-state index in [2.05, 4.69) is 17.6 Å². The number of nitrogens with one attached hydrogen (secondary N) is 2. The molecule has 0 saturated carbocycles. The number of ether oxygens (including phenoxy) is 1. The Morgan fingerprint density at radius 2 is 2.29 bits per heavy atom. The highest BCUT2D eigenvalue weighted by Crippen LogP contribution is 2.11. The fourth-order valence-corrected chi connectivity index (χ4v) is 2.21. The predicted molar refractivity (Wildman–Crippen MR) is 69.0 cm³/mol. The molecule has 1 saturated heterocycles. The molecule has 2 N–H and O–H groups in total. The van der Waals surface area contributed by atoms with E-state index in [1.54, 1.807) is 0 Å². The fraction of sp³-hybridized carbons (Fsp3) is 0.923. The van der Waals surface area contributed by atoms with Crippen LogP contribution in [0.5, 0.6) is 0 Å². The Hall–Kier alpha value is -0.610. The van der Waals surface area contributed by atoms with Gasteiger partial charge in [-0.2, -0.15) is 0 Å². The lowest BCUT2D eigenvalue weighted by Gasteiger charge is -2.28. The van der Waals surface area contributed by atoms with Crippen molar-refractivity contribution in [1.29, 1.82) is 0 Å². The van der Waals surface area contributed by atoms with Gasteiger partial charge in [-0.15, -0.1) is 0 Å². The first kappa shape index (κ1) is 14.5. The van der Waals surface area contributed by atoms with Gasteiger partial charge in [-0.3, -0.25) is 4.79 Å². The van der Waals surface area contributed by atoms with Gasteiger partial charge in [0.1, 0.15) is 0 Å². The first-order chi connectivity index (χ1) is 8.22. The first-order valence-electron chi connectivity index (χ1n) is 6.83. The van der Waals surface area contributed by atoms with Crippen LogP contribution in [0.15, 0.2) is 0 Å². The number of carbonyl (C=O) groups is 1. The third-order valence-electron chi connectivity index (χ3n) is 3.15. The smallest absolute Gasteiger partial charge is 0.220 e. The van der Waals surface area contributed by atoms with Gasteiger partial charge in [-0.1, -0.05) is 6.42 Å². The SMILES string of the molecule is CCOCCCC(=O)NCC1CCCC(C)N1. The highest BCUT2D eigenvalue weighted by Gasteiger charge is 2.17. The normalized spacial score (nSPS) is 24.6. The van der Waals surface area contributed by atoms with Crippen molar-refractivity contribution in [2.24, 2.45) is 0 Å². The molecule has 0 aromatic carbocycles. The summed E-state index contributed by atoms with van der Waals surface area (Å²) in [6.07, 6.45) is 5.07. The van der Waals surface area contributed by atoms with Gasteiger partial charge < -0.3 is 15.4 Å². The summed E-state index contributed by atoms with van der Waals surface area (Å²) in [7, 11) is 0. The van der Waals surface area contributed by atoms with Crippen LogP contribution in [0.2, 0.25) is 0 Å². The van der Waals surface area contributed by atoms with Crippen LogP contribution in [0.1, 0.15) is 46.0 Å². The number of amides is 1. The maximum atomic E-state index is 11.5. The summed E-state index contributed by atoms with van der Waals surface area (Å²) < 4.78 is 5.20. The summed E-state index contributed by atoms with van der Waals surface area (Å²) in [5, 5.41) is 6.50. The van der Waals surface area contributed by atoms with E-state index in [1.807, 2.05) is 6.92 Å². The number of hydrogen-bond acceptors (Lipinski definition) is 3. The standard InChI is InChI=1S/C13H26N2O2/c1-3-17-9-5-8-13(16)14-10-12-7-4-6-11(2)15-12/h11-12,15H,3-10H2,1-2H3,(H,14,16). The van der Waals surface area contributed by atoms with Gasteiger partial charge in [0.05, 0.1) is 0 Å². The van der Waals surface area contributed by atoms with E-state index < -0.39 is 0 Å². The molecule has 0 aromatic rings.